The zero-order chi connectivity index (χ0) is 16.1. The number of pyridine rings is 1. The van der Waals surface area contributed by atoms with Crippen molar-refractivity contribution in [3.05, 3.63) is 60.2 Å². The van der Waals surface area contributed by atoms with Crippen molar-refractivity contribution < 1.29 is 13.9 Å². The van der Waals surface area contributed by atoms with Crippen molar-refractivity contribution in [1.82, 2.24) is 20.5 Å². The molecule has 0 aliphatic heterocycles. The Morgan fingerprint density at radius 2 is 2.09 bits per heavy atom. The summed E-state index contributed by atoms with van der Waals surface area (Å²) < 4.78 is 10.6. The zero-order valence-corrected chi connectivity index (χ0v) is 12.4. The molecule has 0 aliphatic rings. The van der Waals surface area contributed by atoms with Gasteiger partial charge >= 0.3 is 11.8 Å². The standard InChI is InChI=1S/C16H14N4O3/c1-22-13-7-3-2-5-11(13)10-18-14(21)16-20-19-15(23-16)12-6-4-8-17-9-12/h2-9H,10H2,1H3,(H,18,21). The Morgan fingerprint density at radius 1 is 1.22 bits per heavy atom. The van der Waals surface area contributed by atoms with Gasteiger partial charge in [0.25, 0.3) is 0 Å². The summed E-state index contributed by atoms with van der Waals surface area (Å²) in [5.74, 6) is 0.409. The van der Waals surface area contributed by atoms with E-state index >= 15 is 0 Å². The molecule has 0 unspecified atom stereocenters. The topological polar surface area (TPSA) is 90.1 Å². The molecule has 3 rings (SSSR count). The maximum Gasteiger partial charge on any atom is 0.309 e. The fourth-order valence-corrected chi connectivity index (χ4v) is 2.02. The minimum Gasteiger partial charge on any atom is -0.496 e. The second-order valence-electron chi connectivity index (χ2n) is 4.65. The predicted molar refractivity (Wildman–Crippen MR) is 81.7 cm³/mol. The quantitative estimate of drug-likeness (QED) is 0.776. The molecule has 0 radical (unpaired) electrons. The molecule has 1 amide bonds. The normalized spacial score (nSPS) is 10.3. The van der Waals surface area contributed by atoms with Crippen molar-refractivity contribution in [1.29, 1.82) is 0 Å². The van der Waals surface area contributed by atoms with Crippen LogP contribution in [0.2, 0.25) is 0 Å². The number of nitrogens with one attached hydrogen (secondary N) is 1. The minimum absolute atomic E-state index is 0.0984. The Balaban J connectivity index is 1.68. The lowest BCUT2D eigenvalue weighted by Crippen LogP contribution is -2.23. The summed E-state index contributed by atoms with van der Waals surface area (Å²) in [5, 5.41) is 10.3. The van der Waals surface area contributed by atoms with E-state index in [9.17, 15) is 4.79 Å². The number of carbonyl (C=O) groups is 1. The summed E-state index contributed by atoms with van der Waals surface area (Å²) in [7, 11) is 1.58. The van der Waals surface area contributed by atoms with Crippen molar-refractivity contribution in [3.63, 3.8) is 0 Å². The third kappa shape index (κ3) is 3.34. The highest BCUT2D eigenvalue weighted by Crippen LogP contribution is 2.18. The highest BCUT2D eigenvalue weighted by Gasteiger charge is 2.16. The monoisotopic (exact) mass is 310 g/mol. The van der Waals surface area contributed by atoms with Crippen LogP contribution in [-0.4, -0.2) is 28.2 Å². The fourth-order valence-electron chi connectivity index (χ4n) is 2.02. The smallest absolute Gasteiger partial charge is 0.309 e. The molecule has 0 atom stereocenters. The first-order valence-electron chi connectivity index (χ1n) is 6.92. The molecule has 7 nitrogen and oxygen atoms in total. The SMILES string of the molecule is COc1ccccc1CNC(=O)c1nnc(-c2cccnc2)o1. The Bertz CT molecular complexity index is 802. The molecule has 1 aromatic carbocycles. The number of aromatic nitrogens is 3. The number of ether oxygens (including phenoxy) is 1. The number of para-hydroxylation sites is 1. The second-order valence-corrected chi connectivity index (χ2v) is 4.65. The number of methoxy groups -OCH3 is 1. The first-order valence-corrected chi connectivity index (χ1v) is 6.92. The van der Waals surface area contributed by atoms with Crippen LogP contribution in [0.4, 0.5) is 0 Å². The minimum atomic E-state index is -0.446. The Labute approximate surface area is 132 Å². The molecule has 2 aromatic heterocycles. The molecule has 1 N–H and O–H groups in total. The van der Waals surface area contributed by atoms with Gasteiger partial charge in [-0.1, -0.05) is 18.2 Å². The number of hydrogen-bond acceptors (Lipinski definition) is 6. The number of carbonyl (C=O) groups excluding carboxylic acids is 1. The first kappa shape index (κ1) is 14.7. The molecular formula is C16H14N4O3. The predicted octanol–water partition coefficient (Wildman–Crippen LogP) is 2.07. The Kier molecular flexibility index (Phi) is 4.28. The number of amides is 1. The Morgan fingerprint density at radius 3 is 2.87 bits per heavy atom. The Hall–Kier alpha value is -3.22. The average Bonchev–Trinajstić information content (AvgIpc) is 3.11. The fraction of sp³-hybridized carbons (Fsp3) is 0.125. The van der Waals surface area contributed by atoms with Gasteiger partial charge in [0.2, 0.25) is 5.89 Å². The summed E-state index contributed by atoms with van der Waals surface area (Å²) in [6, 6.07) is 11.0. The molecule has 0 spiro atoms. The van der Waals surface area contributed by atoms with E-state index in [1.165, 1.54) is 0 Å². The van der Waals surface area contributed by atoms with Crippen LogP contribution in [0.25, 0.3) is 11.5 Å². The summed E-state index contributed by atoms with van der Waals surface area (Å²) in [6.07, 6.45) is 3.23. The number of benzene rings is 1. The van der Waals surface area contributed by atoms with Crippen molar-refractivity contribution in [2.24, 2.45) is 0 Å². The summed E-state index contributed by atoms with van der Waals surface area (Å²) in [5.41, 5.74) is 1.51. The van der Waals surface area contributed by atoms with Gasteiger partial charge in [-0.25, -0.2) is 0 Å². The van der Waals surface area contributed by atoms with E-state index in [1.807, 2.05) is 24.3 Å². The van der Waals surface area contributed by atoms with E-state index in [2.05, 4.69) is 20.5 Å². The van der Waals surface area contributed by atoms with E-state index in [4.69, 9.17) is 9.15 Å². The van der Waals surface area contributed by atoms with E-state index in [1.54, 1.807) is 31.6 Å². The van der Waals surface area contributed by atoms with Crippen LogP contribution in [0.1, 0.15) is 16.2 Å². The molecule has 3 aromatic rings. The van der Waals surface area contributed by atoms with Gasteiger partial charge in [0.1, 0.15) is 5.75 Å². The van der Waals surface area contributed by atoms with Gasteiger partial charge in [0.15, 0.2) is 0 Å². The highest BCUT2D eigenvalue weighted by molar-refractivity contribution is 5.89. The molecule has 7 heteroatoms. The molecule has 23 heavy (non-hydrogen) atoms. The van der Waals surface area contributed by atoms with E-state index in [0.29, 0.717) is 17.9 Å². The lowest BCUT2D eigenvalue weighted by Gasteiger charge is -2.08. The third-order valence-electron chi connectivity index (χ3n) is 3.16. The molecule has 0 bridgehead atoms. The van der Waals surface area contributed by atoms with E-state index in [-0.39, 0.29) is 11.8 Å². The third-order valence-corrected chi connectivity index (χ3v) is 3.16. The number of rotatable bonds is 5. The summed E-state index contributed by atoms with van der Waals surface area (Å²) in [6.45, 7) is 0.299. The zero-order valence-electron chi connectivity index (χ0n) is 12.4. The van der Waals surface area contributed by atoms with Crippen LogP contribution >= 0.6 is 0 Å². The molecule has 116 valence electrons. The molecule has 2 heterocycles. The van der Waals surface area contributed by atoms with Crippen molar-refractivity contribution in [3.8, 4) is 17.2 Å². The van der Waals surface area contributed by atoms with Gasteiger partial charge in [-0.3, -0.25) is 9.78 Å². The van der Waals surface area contributed by atoms with E-state index in [0.717, 1.165) is 5.56 Å². The highest BCUT2D eigenvalue weighted by atomic mass is 16.5. The molecule has 0 saturated carbocycles. The maximum absolute atomic E-state index is 12.1. The molecule has 0 saturated heterocycles. The van der Waals surface area contributed by atoms with Gasteiger partial charge in [-0.05, 0) is 18.2 Å². The van der Waals surface area contributed by atoms with Crippen molar-refractivity contribution in [2.45, 2.75) is 6.54 Å². The van der Waals surface area contributed by atoms with Gasteiger partial charge < -0.3 is 14.5 Å². The van der Waals surface area contributed by atoms with Gasteiger partial charge in [0.05, 0.1) is 12.7 Å². The van der Waals surface area contributed by atoms with Gasteiger partial charge in [-0.15, -0.1) is 10.2 Å². The molecule has 0 aliphatic carbocycles. The second kappa shape index (κ2) is 6.69. The van der Waals surface area contributed by atoms with Crippen LogP contribution in [-0.2, 0) is 6.54 Å². The van der Waals surface area contributed by atoms with Crippen LogP contribution in [0.3, 0.4) is 0 Å². The van der Waals surface area contributed by atoms with Crippen LogP contribution < -0.4 is 10.1 Å². The molecular weight excluding hydrogens is 296 g/mol. The lowest BCUT2D eigenvalue weighted by atomic mass is 10.2. The summed E-state index contributed by atoms with van der Waals surface area (Å²) in [4.78, 5) is 16.1. The van der Waals surface area contributed by atoms with Crippen LogP contribution in [0, 0.1) is 0 Å². The maximum atomic E-state index is 12.1. The first-order chi connectivity index (χ1) is 11.3. The number of nitrogens with zero attached hydrogens (tertiary/aromatic N) is 3. The average molecular weight is 310 g/mol. The van der Waals surface area contributed by atoms with Crippen molar-refractivity contribution >= 4 is 5.91 Å². The van der Waals surface area contributed by atoms with E-state index < -0.39 is 5.91 Å². The number of hydrogen-bond donors (Lipinski definition) is 1. The van der Waals surface area contributed by atoms with Crippen LogP contribution in [0.5, 0.6) is 5.75 Å². The van der Waals surface area contributed by atoms with Gasteiger partial charge in [-0.2, -0.15) is 0 Å². The van der Waals surface area contributed by atoms with Crippen LogP contribution in [0.15, 0.2) is 53.2 Å². The van der Waals surface area contributed by atoms with Crippen molar-refractivity contribution in [2.75, 3.05) is 7.11 Å². The largest absolute Gasteiger partial charge is 0.496 e. The summed E-state index contributed by atoms with van der Waals surface area (Å²) >= 11 is 0. The van der Waals surface area contributed by atoms with Gasteiger partial charge in [0, 0.05) is 24.5 Å². The molecule has 0 fully saturated rings. The lowest BCUT2D eigenvalue weighted by molar-refractivity contribution is 0.0916.